The molecule has 0 fully saturated rings. The van der Waals surface area contributed by atoms with Crippen molar-refractivity contribution in [1.82, 2.24) is 5.09 Å². The van der Waals surface area contributed by atoms with Crippen molar-refractivity contribution in [3.05, 3.63) is 0 Å². The van der Waals surface area contributed by atoms with E-state index in [1.807, 2.05) is 0 Å². The maximum Gasteiger partial charge on any atom is 0.250 e. The summed E-state index contributed by atoms with van der Waals surface area (Å²) in [5.74, 6) is 0. The van der Waals surface area contributed by atoms with Crippen molar-refractivity contribution in [2.24, 2.45) is 5.73 Å². The lowest BCUT2D eigenvalue weighted by Gasteiger charge is -2.03. The number of hydrogen-bond donors (Lipinski definition) is 4. The minimum Gasteiger partial charge on any atom is -0.338 e. The molecule has 68 valence electrons. The molecule has 5 N–H and O–H groups in total. The molecule has 0 bridgehead atoms. The minimum absolute atomic E-state index is 0.684. The Hall–Kier alpha value is 0.270. The maximum absolute atomic E-state index is 8.44. The smallest absolute Gasteiger partial charge is 0.250 e. The van der Waals surface area contributed by atoms with Gasteiger partial charge >= 0.3 is 0 Å². The van der Waals surface area contributed by atoms with E-state index in [0.717, 1.165) is 32.2 Å². The van der Waals surface area contributed by atoms with E-state index in [4.69, 9.17) is 15.5 Å². The van der Waals surface area contributed by atoms with Gasteiger partial charge in [-0.05, 0) is 19.4 Å². The third-order valence-electron chi connectivity index (χ3n) is 1.38. The Morgan fingerprint density at radius 2 is 1.73 bits per heavy atom. The number of rotatable bonds is 7. The fraction of sp³-hybridized carbons (Fsp3) is 1.00. The van der Waals surface area contributed by atoms with Crippen LogP contribution in [-0.4, -0.2) is 22.9 Å². The first-order valence-corrected chi connectivity index (χ1v) is 5.13. The molecule has 4 nitrogen and oxygen atoms in total. The van der Waals surface area contributed by atoms with Gasteiger partial charge in [0.2, 0.25) is 8.53 Å². The molecule has 0 aromatic rings. The number of unbranched alkanes of at least 4 members (excludes halogenated alkanes) is 3. The van der Waals surface area contributed by atoms with Crippen LogP contribution in [0.4, 0.5) is 0 Å². The van der Waals surface area contributed by atoms with Gasteiger partial charge < -0.3 is 15.5 Å². The first-order chi connectivity index (χ1) is 5.27. The van der Waals surface area contributed by atoms with Gasteiger partial charge in [0, 0.05) is 6.54 Å². The summed E-state index contributed by atoms with van der Waals surface area (Å²) >= 11 is 0. The van der Waals surface area contributed by atoms with Crippen molar-refractivity contribution in [2.45, 2.75) is 25.7 Å². The summed E-state index contributed by atoms with van der Waals surface area (Å²) in [5, 5.41) is 2.57. The summed E-state index contributed by atoms with van der Waals surface area (Å²) in [7, 11) is -1.90. The Morgan fingerprint density at radius 3 is 2.27 bits per heavy atom. The van der Waals surface area contributed by atoms with E-state index >= 15 is 0 Å². The standard InChI is InChI=1S/C6H17N2O2P/c7-5-3-1-2-4-6-8-11(9)10/h8-10H,1-7H2. The second-order valence-electron chi connectivity index (χ2n) is 2.40. The van der Waals surface area contributed by atoms with Crippen LogP contribution in [0.15, 0.2) is 0 Å². The first-order valence-electron chi connectivity index (χ1n) is 3.89. The zero-order chi connectivity index (χ0) is 8.53. The molecule has 0 aromatic carbocycles. The molecule has 0 spiro atoms. The summed E-state index contributed by atoms with van der Waals surface area (Å²) in [4.78, 5) is 16.9. The van der Waals surface area contributed by atoms with Crippen molar-refractivity contribution in [3.8, 4) is 0 Å². The average Bonchev–Trinajstić information content (AvgIpc) is 1.96. The molecule has 0 aromatic heterocycles. The van der Waals surface area contributed by atoms with Crippen molar-refractivity contribution < 1.29 is 9.79 Å². The van der Waals surface area contributed by atoms with Crippen LogP contribution in [0.1, 0.15) is 25.7 Å². The molecule has 0 saturated heterocycles. The second kappa shape index (κ2) is 8.37. The van der Waals surface area contributed by atoms with Gasteiger partial charge in [0.05, 0.1) is 0 Å². The molecule has 0 atom stereocenters. The lowest BCUT2D eigenvalue weighted by Crippen LogP contribution is -2.08. The Morgan fingerprint density at radius 1 is 1.09 bits per heavy atom. The van der Waals surface area contributed by atoms with E-state index < -0.39 is 8.53 Å². The molecule has 0 rings (SSSR count). The van der Waals surface area contributed by atoms with Gasteiger partial charge in [-0.2, -0.15) is 0 Å². The fourth-order valence-electron chi connectivity index (χ4n) is 0.802. The Bertz CT molecular complexity index is 83.0. The lowest BCUT2D eigenvalue weighted by atomic mass is 10.2. The van der Waals surface area contributed by atoms with E-state index in [1.165, 1.54) is 0 Å². The van der Waals surface area contributed by atoms with E-state index in [-0.39, 0.29) is 0 Å². The summed E-state index contributed by atoms with van der Waals surface area (Å²) < 4.78 is 0. The Balaban J connectivity index is 2.80. The van der Waals surface area contributed by atoms with Crippen LogP contribution in [-0.2, 0) is 0 Å². The maximum atomic E-state index is 8.44. The topological polar surface area (TPSA) is 78.5 Å². The zero-order valence-electron chi connectivity index (χ0n) is 6.66. The minimum atomic E-state index is -1.90. The molecule has 0 aliphatic heterocycles. The lowest BCUT2D eigenvalue weighted by molar-refractivity contribution is 0.462. The van der Waals surface area contributed by atoms with Gasteiger partial charge in [-0.25, -0.2) is 0 Å². The SMILES string of the molecule is NCCCCCCNP(O)O. The molecule has 0 aliphatic rings. The molecule has 0 saturated carbocycles. The highest BCUT2D eigenvalue weighted by atomic mass is 31.2. The predicted molar refractivity (Wildman–Crippen MR) is 46.9 cm³/mol. The summed E-state index contributed by atoms with van der Waals surface area (Å²) in [6.45, 7) is 1.43. The van der Waals surface area contributed by atoms with Gasteiger partial charge in [-0.1, -0.05) is 12.8 Å². The molecular formula is C6H17N2O2P. The van der Waals surface area contributed by atoms with Crippen LogP contribution in [0, 0.1) is 0 Å². The van der Waals surface area contributed by atoms with Crippen LogP contribution in [0.2, 0.25) is 0 Å². The largest absolute Gasteiger partial charge is 0.338 e. The molecule has 0 radical (unpaired) electrons. The molecule has 0 unspecified atom stereocenters. The quantitative estimate of drug-likeness (QED) is 0.336. The van der Waals surface area contributed by atoms with Gasteiger partial charge in [0.15, 0.2) is 0 Å². The molecule has 0 amide bonds. The Labute approximate surface area is 68.8 Å². The van der Waals surface area contributed by atoms with Crippen LogP contribution in [0.3, 0.4) is 0 Å². The summed E-state index contributed by atoms with van der Waals surface area (Å²) in [6.07, 6.45) is 4.29. The average molecular weight is 180 g/mol. The van der Waals surface area contributed by atoms with Crippen LogP contribution < -0.4 is 10.8 Å². The number of hydrogen-bond acceptors (Lipinski definition) is 4. The zero-order valence-corrected chi connectivity index (χ0v) is 7.56. The molecule has 5 heteroatoms. The Kier molecular flexibility index (Phi) is 8.57. The third kappa shape index (κ3) is 10.3. The molecular weight excluding hydrogens is 163 g/mol. The van der Waals surface area contributed by atoms with Gasteiger partial charge in [-0.15, -0.1) is 0 Å². The highest BCUT2D eigenvalue weighted by Gasteiger charge is 1.94. The van der Waals surface area contributed by atoms with Crippen LogP contribution >= 0.6 is 8.53 Å². The van der Waals surface area contributed by atoms with Crippen LogP contribution in [0.5, 0.6) is 0 Å². The number of nitrogens with one attached hydrogen (secondary N) is 1. The number of nitrogens with two attached hydrogens (primary N) is 1. The van der Waals surface area contributed by atoms with E-state index in [1.54, 1.807) is 0 Å². The normalized spacial score (nSPS) is 10.9. The van der Waals surface area contributed by atoms with E-state index in [9.17, 15) is 0 Å². The molecule has 0 heterocycles. The first kappa shape index (κ1) is 11.3. The highest BCUT2D eigenvalue weighted by molar-refractivity contribution is 7.42. The monoisotopic (exact) mass is 180 g/mol. The summed E-state index contributed by atoms with van der Waals surface area (Å²) in [6, 6.07) is 0. The fourth-order valence-corrected chi connectivity index (χ4v) is 1.16. The van der Waals surface area contributed by atoms with E-state index in [2.05, 4.69) is 5.09 Å². The van der Waals surface area contributed by atoms with Crippen LogP contribution in [0.25, 0.3) is 0 Å². The van der Waals surface area contributed by atoms with Crippen molar-refractivity contribution >= 4 is 8.53 Å². The van der Waals surface area contributed by atoms with Gasteiger partial charge in [-0.3, -0.25) is 5.09 Å². The third-order valence-corrected chi connectivity index (χ3v) is 1.89. The highest BCUT2D eigenvalue weighted by Crippen LogP contribution is 2.14. The van der Waals surface area contributed by atoms with E-state index in [0.29, 0.717) is 6.54 Å². The predicted octanol–water partition coefficient (Wildman–Crippen LogP) is 0.307. The molecule has 0 aliphatic carbocycles. The van der Waals surface area contributed by atoms with Gasteiger partial charge in [0.25, 0.3) is 0 Å². The van der Waals surface area contributed by atoms with Crippen molar-refractivity contribution in [1.29, 1.82) is 0 Å². The van der Waals surface area contributed by atoms with Gasteiger partial charge in [0.1, 0.15) is 0 Å². The molecule has 11 heavy (non-hydrogen) atoms. The second-order valence-corrected chi connectivity index (χ2v) is 3.30. The summed E-state index contributed by atoms with van der Waals surface area (Å²) in [5.41, 5.74) is 5.30. The van der Waals surface area contributed by atoms with Crippen molar-refractivity contribution in [3.63, 3.8) is 0 Å². The van der Waals surface area contributed by atoms with Crippen molar-refractivity contribution in [2.75, 3.05) is 13.1 Å².